The molecule has 0 aromatic heterocycles. The second kappa shape index (κ2) is 4.97. The van der Waals surface area contributed by atoms with Gasteiger partial charge in [0.25, 0.3) is 0 Å². The van der Waals surface area contributed by atoms with Gasteiger partial charge in [-0.3, -0.25) is 4.90 Å². The Balaban J connectivity index is 1.92. The molecule has 0 saturated carbocycles. The van der Waals surface area contributed by atoms with Gasteiger partial charge >= 0.3 is 0 Å². The van der Waals surface area contributed by atoms with Crippen molar-refractivity contribution in [2.75, 3.05) is 33.2 Å². The van der Waals surface area contributed by atoms with E-state index < -0.39 is 0 Å². The maximum atomic E-state index is 5.96. The second-order valence-electron chi connectivity index (χ2n) is 4.21. The number of likely N-dealkylation sites (N-methyl/N-ethyl adjacent to an activating group) is 1. The Bertz CT molecular complexity index is 319. The fraction of sp³-hybridized carbons (Fsp3) is 0.500. The molecule has 2 rings (SSSR count). The normalized spacial score (nSPS) is 19.3. The summed E-state index contributed by atoms with van der Waals surface area (Å²) in [5.41, 5.74) is 1.31. The number of nitrogens with zero attached hydrogens (tertiary/aromatic N) is 2. The fourth-order valence-electron chi connectivity index (χ4n) is 1.90. The van der Waals surface area contributed by atoms with Gasteiger partial charge in [0, 0.05) is 37.7 Å². The van der Waals surface area contributed by atoms with Crippen molar-refractivity contribution < 1.29 is 0 Å². The Kier molecular flexibility index (Phi) is 3.62. The van der Waals surface area contributed by atoms with Gasteiger partial charge in [-0.05, 0) is 24.7 Å². The zero-order chi connectivity index (χ0) is 10.7. The molecule has 1 aromatic carbocycles. The second-order valence-corrected chi connectivity index (χ2v) is 4.65. The van der Waals surface area contributed by atoms with Crippen LogP contribution < -0.4 is 0 Å². The molecule has 0 unspecified atom stereocenters. The van der Waals surface area contributed by atoms with Crippen LogP contribution in [0.4, 0.5) is 0 Å². The minimum Gasteiger partial charge on any atom is -0.304 e. The number of rotatable bonds is 2. The molecule has 0 aliphatic carbocycles. The van der Waals surface area contributed by atoms with Crippen molar-refractivity contribution in [3.63, 3.8) is 0 Å². The fourth-order valence-corrected chi connectivity index (χ4v) is 2.11. The quantitative estimate of drug-likeness (QED) is 0.759. The van der Waals surface area contributed by atoms with Gasteiger partial charge in [0.1, 0.15) is 0 Å². The van der Waals surface area contributed by atoms with Crippen molar-refractivity contribution in [1.29, 1.82) is 0 Å². The average molecular weight is 225 g/mol. The molecule has 1 aliphatic heterocycles. The maximum Gasteiger partial charge on any atom is 0.0409 e. The molecule has 0 radical (unpaired) electrons. The van der Waals surface area contributed by atoms with Crippen LogP contribution in [0.2, 0.25) is 5.02 Å². The molecule has 1 aliphatic rings. The van der Waals surface area contributed by atoms with Crippen molar-refractivity contribution in [3.05, 3.63) is 34.9 Å². The molecule has 0 atom stereocenters. The number of piperazine rings is 1. The molecule has 1 saturated heterocycles. The van der Waals surface area contributed by atoms with E-state index in [4.69, 9.17) is 11.6 Å². The minimum absolute atomic E-state index is 0.835. The average Bonchev–Trinajstić information content (AvgIpc) is 2.22. The van der Waals surface area contributed by atoms with Crippen LogP contribution in [0.1, 0.15) is 5.56 Å². The van der Waals surface area contributed by atoms with Crippen LogP contribution in [0.3, 0.4) is 0 Å². The highest BCUT2D eigenvalue weighted by molar-refractivity contribution is 6.30. The number of benzene rings is 1. The van der Waals surface area contributed by atoms with Gasteiger partial charge in [0.2, 0.25) is 0 Å². The molecule has 15 heavy (non-hydrogen) atoms. The highest BCUT2D eigenvalue weighted by atomic mass is 35.5. The first kappa shape index (κ1) is 10.9. The maximum absolute atomic E-state index is 5.96. The van der Waals surface area contributed by atoms with Crippen LogP contribution in [-0.4, -0.2) is 43.0 Å². The summed E-state index contributed by atoms with van der Waals surface area (Å²) in [7, 11) is 2.18. The third-order valence-electron chi connectivity index (χ3n) is 2.89. The Hall–Kier alpha value is -0.570. The number of hydrogen-bond donors (Lipinski definition) is 0. The van der Waals surface area contributed by atoms with E-state index in [2.05, 4.69) is 29.0 Å². The van der Waals surface area contributed by atoms with Crippen LogP contribution in [0, 0.1) is 0 Å². The smallest absolute Gasteiger partial charge is 0.0409 e. The third kappa shape index (κ3) is 3.20. The monoisotopic (exact) mass is 224 g/mol. The summed E-state index contributed by atoms with van der Waals surface area (Å²) >= 11 is 5.96. The first-order valence-electron chi connectivity index (χ1n) is 5.39. The molecule has 0 bridgehead atoms. The lowest BCUT2D eigenvalue weighted by Gasteiger charge is -2.32. The van der Waals surface area contributed by atoms with Crippen molar-refractivity contribution >= 4 is 11.6 Å². The van der Waals surface area contributed by atoms with Gasteiger partial charge in [-0.15, -0.1) is 0 Å². The summed E-state index contributed by atoms with van der Waals surface area (Å²) in [5, 5.41) is 0.835. The molecular formula is C12H17ClN2. The van der Waals surface area contributed by atoms with Crippen LogP contribution >= 0.6 is 11.6 Å². The minimum atomic E-state index is 0.835. The Morgan fingerprint density at radius 3 is 2.60 bits per heavy atom. The summed E-state index contributed by atoms with van der Waals surface area (Å²) in [5.74, 6) is 0. The first-order chi connectivity index (χ1) is 7.24. The molecule has 0 amide bonds. The van der Waals surface area contributed by atoms with Crippen LogP contribution in [0.5, 0.6) is 0 Å². The van der Waals surface area contributed by atoms with Gasteiger partial charge < -0.3 is 4.90 Å². The summed E-state index contributed by atoms with van der Waals surface area (Å²) in [6.45, 7) is 5.67. The van der Waals surface area contributed by atoms with E-state index in [9.17, 15) is 0 Å². The first-order valence-corrected chi connectivity index (χ1v) is 5.77. The van der Waals surface area contributed by atoms with E-state index in [1.807, 2.05) is 12.1 Å². The molecule has 3 heteroatoms. The summed E-state index contributed by atoms with van der Waals surface area (Å²) in [6, 6.07) is 8.15. The largest absolute Gasteiger partial charge is 0.304 e. The van der Waals surface area contributed by atoms with Crippen molar-refractivity contribution in [2.45, 2.75) is 6.54 Å². The molecule has 1 heterocycles. The summed E-state index contributed by atoms with van der Waals surface area (Å²) in [6.07, 6.45) is 0. The SMILES string of the molecule is CN1CCN(Cc2cccc(Cl)c2)CC1. The van der Waals surface area contributed by atoms with E-state index >= 15 is 0 Å². The molecule has 0 N–H and O–H groups in total. The summed E-state index contributed by atoms with van der Waals surface area (Å²) < 4.78 is 0. The van der Waals surface area contributed by atoms with Crippen molar-refractivity contribution in [2.24, 2.45) is 0 Å². The van der Waals surface area contributed by atoms with Gasteiger partial charge in [-0.2, -0.15) is 0 Å². The topological polar surface area (TPSA) is 6.48 Å². The van der Waals surface area contributed by atoms with Gasteiger partial charge in [0.15, 0.2) is 0 Å². The standard InChI is InChI=1S/C12H17ClN2/c1-14-5-7-15(8-6-14)10-11-3-2-4-12(13)9-11/h2-4,9H,5-8,10H2,1H3. The molecule has 2 nitrogen and oxygen atoms in total. The van der Waals surface area contributed by atoms with Crippen LogP contribution in [-0.2, 0) is 6.54 Å². The lowest BCUT2D eigenvalue weighted by Crippen LogP contribution is -2.43. The molecule has 1 fully saturated rings. The predicted molar refractivity (Wildman–Crippen MR) is 64.2 cm³/mol. The van der Waals surface area contributed by atoms with E-state index in [1.54, 1.807) is 0 Å². The van der Waals surface area contributed by atoms with Gasteiger partial charge in [0.05, 0.1) is 0 Å². The van der Waals surface area contributed by atoms with E-state index in [1.165, 1.54) is 18.7 Å². The molecule has 82 valence electrons. The molecular weight excluding hydrogens is 208 g/mol. The highest BCUT2D eigenvalue weighted by Crippen LogP contribution is 2.13. The zero-order valence-electron chi connectivity index (χ0n) is 9.12. The Labute approximate surface area is 96.4 Å². The lowest BCUT2D eigenvalue weighted by molar-refractivity contribution is 0.148. The number of halogens is 1. The third-order valence-corrected chi connectivity index (χ3v) is 3.13. The van der Waals surface area contributed by atoms with Gasteiger partial charge in [-0.25, -0.2) is 0 Å². The highest BCUT2D eigenvalue weighted by Gasteiger charge is 2.13. The van der Waals surface area contributed by atoms with E-state index in [0.29, 0.717) is 0 Å². The zero-order valence-corrected chi connectivity index (χ0v) is 9.87. The lowest BCUT2D eigenvalue weighted by atomic mass is 10.2. The van der Waals surface area contributed by atoms with Crippen molar-refractivity contribution in [3.8, 4) is 0 Å². The molecule has 0 spiro atoms. The Morgan fingerprint density at radius 1 is 1.20 bits per heavy atom. The van der Waals surface area contributed by atoms with Crippen LogP contribution in [0.15, 0.2) is 24.3 Å². The van der Waals surface area contributed by atoms with Gasteiger partial charge in [-0.1, -0.05) is 23.7 Å². The summed E-state index contributed by atoms with van der Waals surface area (Å²) in [4.78, 5) is 4.85. The predicted octanol–water partition coefficient (Wildman–Crippen LogP) is 2.09. The van der Waals surface area contributed by atoms with Crippen molar-refractivity contribution in [1.82, 2.24) is 9.80 Å². The number of hydrogen-bond acceptors (Lipinski definition) is 2. The van der Waals surface area contributed by atoms with E-state index in [-0.39, 0.29) is 0 Å². The Morgan fingerprint density at radius 2 is 1.93 bits per heavy atom. The van der Waals surface area contributed by atoms with Crippen LogP contribution in [0.25, 0.3) is 0 Å². The molecule has 1 aromatic rings. The van der Waals surface area contributed by atoms with E-state index in [0.717, 1.165) is 24.7 Å².